The normalized spacial score (nSPS) is 10.8. The molecule has 0 amide bonds. The van der Waals surface area contributed by atoms with E-state index >= 15 is 0 Å². The molecule has 16 heavy (non-hydrogen) atoms. The lowest BCUT2D eigenvalue weighted by Crippen LogP contribution is -2.14. The largest absolute Gasteiger partial charge is 0.468 e. The highest BCUT2D eigenvalue weighted by Crippen LogP contribution is 1.99. The summed E-state index contributed by atoms with van der Waals surface area (Å²) in [7, 11) is 0. The molecule has 0 unspecified atom stereocenters. The average Bonchev–Trinajstić information content (AvgIpc) is 2.96. The van der Waals surface area contributed by atoms with E-state index in [1.807, 2.05) is 23.0 Å². The first-order chi connectivity index (χ1) is 7.95. The first kappa shape index (κ1) is 10.9. The van der Waals surface area contributed by atoms with E-state index in [0.717, 1.165) is 38.2 Å². The van der Waals surface area contributed by atoms with E-state index in [4.69, 9.17) is 4.42 Å². The van der Waals surface area contributed by atoms with Crippen LogP contribution in [-0.4, -0.2) is 21.5 Å². The van der Waals surface area contributed by atoms with E-state index in [1.165, 1.54) is 0 Å². The summed E-state index contributed by atoms with van der Waals surface area (Å²) in [5.41, 5.74) is 0. The Kier molecular flexibility index (Phi) is 4.13. The highest BCUT2D eigenvalue weighted by molar-refractivity contribution is 4.97. The Hall–Kier alpha value is -1.62. The topological polar surface area (TPSA) is 55.9 Å². The van der Waals surface area contributed by atoms with Gasteiger partial charge in [0.1, 0.15) is 5.76 Å². The third kappa shape index (κ3) is 3.51. The standard InChI is InChI=1S/C11H16N4O/c1(2-7-15-8-6-13-14-15)5-12-10-11-4-3-9-16-11/h3-4,6,8-9,12H,1-2,5,7,10H2. The van der Waals surface area contributed by atoms with Gasteiger partial charge in [0.25, 0.3) is 0 Å². The Labute approximate surface area is 94.5 Å². The minimum absolute atomic E-state index is 0.802. The molecule has 86 valence electrons. The number of aryl methyl sites for hydroxylation is 1. The van der Waals surface area contributed by atoms with Crippen molar-refractivity contribution in [3.05, 3.63) is 36.5 Å². The van der Waals surface area contributed by atoms with Crippen LogP contribution in [0, 0.1) is 0 Å². The second-order valence-corrected chi connectivity index (χ2v) is 3.63. The fourth-order valence-electron chi connectivity index (χ4n) is 1.50. The fourth-order valence-corrected chi connectivity index (χ4v) is 1.50. The minimum atomic E-state index is 0.802. The Morgan fingerprint density at radius 3 is 3.12 bits per heavy atom. The predicted molar refractivity (Wildman–Crippen MR) is 59.7 cm³/mol. The van der Waals surface area contributed by atoms with Crippen molar-refractivity contribution in [1.82, 2.24) is 20.3 Å². The predicted octanol–water partition coefficient (Wildman–Crippen LogP) is 1.44. The van der Waals surface area contributed by atoms with Gasteiger partial charge >= 0.3 is 0 Å². The molecule has 2 aromatic heterocycles. The molecule has 0 saturated carbocycles. The maximum Gasteiger partial charge on any atom is 0.117 e. The van der Waals surface area contributed by atoms with Crippen LogP contribution in [0.1, 0.15) is 18.6 Å². The molecule has 0 aromatic carbocycles. The minimum Gasteiger partial charge on any atom is -0.468 e. The average molecular weight is 220 g/mol. The van der Waals surface area contributed by atoms with E-state index in [1.54, 1.807) is 12.5 Å². The number of hydrogen-bond donors (Lipinski definition) is 1. The first-order valence-electron chi connectivity index (χ1n) is 5.52. The van der Waals surface area contributed by atoms with Gasteiger partial charge in [0.2, 0.25) is 0 Å². The third-order valence-corrected chi connectivity index (χ3v) is 2.34. The van der Waals surface area contributed by atoms with Gasteiger partial charge in [-0.1, -0.05) is 5.21 Å². The molecule has 2 aromatic rings. The van der Waals surface area contributed by atoms with E-state index in [0.29, 0.717) is 0 Å². The molecule has 0 aliphatic heterocycles. The summed E-state index contributed by atoms with van der Waals surface area (Å²) < 4.78 is 7.07. The summed E-state index contributed by atoms with van der Waals surface area (Å²) in [6.07, 6.45) is 7.52. The molecule has 2 rings (SSSR count). The van der Waals surface area contributed by atoms with E-state index in [9.17, 15) is 0 Å². The number of rotatable bonds is 7. The molecular weight excluding hydrogens is 204 g/mol. The molecule has 0 fully saturated rings. The SMILES string of the molecule is c1coc(CNCCCCn2ccnn2)c1. The highest BCUT2D eigenvalue weighted by Gasteiger charge is 1.95. The lowest BCUT2D eigenvalue weighted by molar-refractivity contribution is 0.471. The van der Waals surface area contributed by atoms with Crippen LogP contribution in [0.2, 0.25) is 0 Å². The van der Waals surface area contributed by atoms with Gasteiger partial charge in [-0.3, -0.25) is 4.68 Å². The molecule has 0 spiro atoms. The molecule has 5 nitrogen and oxygen atoms in total. The van der Waals surface area contributed by atoms with Crippen molar-refractivity contribution in [2.24, 2.45) is 0 Å². The van der Waals surface area contributed by atoms with Crippen LogP contribution in [0.15, 0.2) is 35.2 Å². The van der Waals surface area contributed by atoms with Crippen LogP contribution in [-0.2, 0) is 13.1 Å². The zero-order valence-corrected chi connectivity index (χ0v) is 9.17. The lowest BCUT2D eigenvalue weighted by atomic mass is 10.3. The second kappa shape index (κ2) is 6.07. The number of nitrogens with one attached hydrogen (secondary N) is 1. The van der Waals surface area contributed by atoms with Gasteiger partial charge in [-0.2, -0.15) is 0 Å². The van der Waals surface area contributed by atoms with Crippen LogP contribution < -0.4 is 5.32 Å². The number of furan rings is 1. The number of nitrogens with zero attached hydrogens (tertiary/aromatic N) is 3. The Bertz CT molecular complexity index is 330. The van der Waals surface area contributed by atoms with Crippen molar-refractivity contribution in [2.45, 2.75) is 25.9 Å². The van der Waals surface area contributed by atoms with Gasteiger partial charge in [-0.05, 0) is 31.5 Å². The fraction of sp³-hybridized carbons (Fsp3) is 0.455. The van der Waals surface area contributed by atoms with Crippen LogP contribution >= 0.6 is 0 Å². The van der Waals surface area contributed by atoms with E-state index in [2.05, 4.69) is 15.6 Å². The maximum atomic E-state index is 5.21. The molecule has 0 aliphatic carbocycles. The molecule has 0 aliphatic rings. The third-order valence-electron chi connectivity index (χ3n) is 2.34. The molecule has 0 atom stereocenters. The molecule has 0 bridgehead atoms. The molecule has 5 heteroatoms. The van der Waals surface area contributed by atoms with Crippen molar-refractivity contribution >= 4 is 0 Å². The summed E-state index contributed by atoms with van der Waals surface area (Å²) in [6, 6.07) is 3.88. The number of hydrogen-bond acceptors (Lipinski definition) is 4. The summed E-state index contributed by atoms with van der Waals surface area (Å²) in [5, 5.41) is 11.0. The van der Waals surface area contributed by atoms with Gasteiger partial charge in [0, 0.05) is 12.7 Å². The summed E-state index contributed by atoms with van der Waals surface area (Å²) in [6.45, 7) is 2.73. The van der Waals surface area contributed by atoms with Gasteiger partial charge in [0.15, 0.2) is 0 Å². The summed E-state index contributed by atoms with van der Waals surface area (Å²) in [4.78, 5) is 0. The summed E-state index contributed by atoms with van der Waals surface area (Å²) in [5.74, 6) is 0.983. The van der Waals surface area contributed by atoms with Gasteiger partial charge in [-0.15, -0.1) is 5.10 Å². The van der Waals surface area contributed by atoms with Gasteiger partial charge in [-0.25, -0.2) is 0 Å². The molecular formula is C11H16N4O. The first-order valence-corrected chi connectivity index (χ1v) is 5.52. The monoisotopic (exact) mass is 220 g/mol. The molecule has 0 radical (unpaired) electrons. The second-order valence-electron chi connectivity index (χ2n) is 3.63. The van der Waals surface area contributed by atoms with Crippen molar-refractivity contribution in [2.75, 3.05) is 6.54 Å². The number of aromatic nitrogens is 3. The Morgan fingerprint density at radius 2 is 2.38 bits per heavy atom. The zero-order chi connectivity index (χ0) is 11.1. The number of unbranched alkanes of at least 4 members (excludes halogenated alkanes) is 1. The van der Waals surface area contributed by atoms with Crippen molar-refractivity contribution < 1.29 is 4.42 Å². The van der Waals surface area contributed by atoms with Crippen molar-refractivity contribution in [3.63, 3.8) is 0 Å². The van der Waals surface area contributed by atoms with E-state index < -0.39 is 0 Å². The zero-order valence-electron chi connectivity index (χ0n) is 9.17. The van der Waals surface area contributed by atoms with Crippen LogP contribution in [0.3, 0.4) is 0 Å². The Balaban J connectivity index is 1.49. The lowest BCUT2D eigenvalue weighted by Gasteiger charge is -2.02. The quantitative estimate of drug-likeness (QED) is 0.717. The van der Waals surface area contributed by atoms with Crippen LogP contribution in [0.25, 0.3) is 0 Å². The summed E-state index contributed by atoms with van der Waals surface area (Å²) >= 11 is 0. The molecule has 1 N–H and O–H groups in total. The smallest absolute Gasteiger partial charge is 0.117 e. The van der Waals surface area contributed by atoms with Crippen molar-refractivity contribution in [1.29, 1.82) is 0 Å². The van der Waals surface area contributed by atoms with Gasteiger partial charge in [0.05, 0.1) is 19.0 Å². The molecule has 0 saturated heterocycles. The van der Waals surface area contributed by atoms with Crippen LogP contribution in [0.4, 0.5) is 0 Å². The van der Waals surface area contributed by atoms with Crippen LogP contribution in [0.5, 0.6) is 0 Å². The Morgan fingerprint density at radius 1 is 1.38 bits per heavy atom. The highest BCUT2D eigenvalue weighted by atomic mass is 16.3. The maximum absolute atomic E-state index is 5.21. The molecule has 2 heterocycles. The van der Waals surface area contributed by atoms with Gasteiger partial charge < -0.3 is 9.73 Å². The van der Waals surface area contributed by atoms with E-state index in [-0.39, 0.29) is 0 Å². The van der Waals surface area contributed by atoms with Crippen molar-refractivity contribution in [3.8, 4) is 0 Å².